The molecule has 0 radical (unpaired) electrons. The number of nitrogens with zero attached hydrogens (tertiary/aromatic N) is 1. The molecule has 27 heavy (non-hydrogen) atoms. The average molecular weight is 375 g/mol. The van der Waals surface area contributed by atoms with Gasteiger partial charge in [0.25, 0.3) is 5.91 Å². The van der Waals surface area contributed by atoms with Crippen LogP contribution in [0.3, 0.4) is 0 Å². The Hall–Kier alpha value is -2.77. The fraction of sp³-hybridized carbons (Fsp3) is 0.526. The third kappa shape index (κ3) is 3.56. The Kier molecular flexibility index (Phi) is 5.25. The van der Waals surface area contributed by atoms with E-state index in [0.717, 1.165) is 10.5 Å². The van der Waals surface area contributed by atoms with E-state index in [1.165, 1.54) is 0 Å². The molecule has 1 aromatic rings. The van der Waals surface area contributed by atoms with Crippen LogP contribution in [0.4, 0.5) is 4.79 Å². The highest BCUT2D eigenvalue weighted by atomic mass is 16.6. The van der Waals surface area contributed by atoms with Crippen molar-refractivity contribution < 1.29 is 23.9 Å². The van der Waals surface area contributed by atoms with Gasteiger partial charge in [-0.05, 0) is 37.5 Å². The predicted molar refractivity (Wildman–Crippen MR) is 97.5 cm³/mol. The molecular weight excluding hydrogens is 350 g/mol. The van der Waals surface area contributed by atoms with Gasteiger partial charge in [0.05, 0.1) is 6.04 Å². The molecule has 1 saturated heterocycles. The van der Waals surface area contributed by atoms with Gasteiger partial charge in [0.2, 0.25) is 5.91 Å². The molecule has 0 unspecified atom stereocenters. The summed E-state index contributed by atoms with van der Waals surface area (Å²) < 4.78 is 11.1. The van der Waals surface area contributed by atoms with Crippen molar-refractivity contribution in [1.82, 2.24) is 15.5 Å². The van der Waals surface area contributed by atoms with Crippen LogP contribution in [0.25, 0.3) is 0 Å². The first-order valence-corrected chi connectivity index (χ1v) is 9.23. The first-order chi connectivity index (χ1) is 12.9. The SMILES string of the molecule is CCC1(CC)NC(=O)N(CC(=O)N[C@H](C)c2ccc3c(c2)OCCO3)C1=O. The van der Waals surface area contributed by atoms with Gasteiger partial charge < -0.3 is 20.1 Å². The lowest BCUT2D eigenvalue weighted by Gasteiger charge is -2.23. The first kappa shape index (κ1) is 19.0. The lowest BCUT2D eigenvalue weighted by Crippen LogP contribution is -2.46. The number of carbonyl (C=O) groups is 3. The molecule has 3 rings (SSSR count). The van der Waals surface area contributed by atoms with Crippen LogP contribution < -0.4 is 20.1 Å². The van der Waals surface area contributed by atoms with Gasteiger partial charge in [0.1, 0.15) is 25.3 Å². The zero-order valence-corrected chi connectivity index (χ0v) is 15.8. The zero-order chi connectivity index (χ0) is 19.6. The topological polar surface area (TPSA) is 97.0 Å². The largest absolute Gasteiger partial charge is 0.486 e. The van der Waals surface area contributed by atoms with E-state index in [1.807, 2.05) is 32.9 Å². The number of benzene rings is 1. The van der Waals surface area contributed by atoms with Gasteiger partial charge >= 0.3 is 6.03 Å². The van der Waals surface area contributed by atoms with E-state index >= 15 is 0 Å². The maximum Gasteiger partial charge on any atom is 0.325 e. The summed E-state index contributed by atoms with van der Waals surface area (Å²) >= 11 is 0. The summed E-state index contributed by atoms with van der Waals surface area (Å²) in [6.45, 7) is 6.21. The molecule has 0 aromatic heterocycles. The van der Waals surface area contributed by atoms with Crippen molar-refractivity contribution in [3.63, 3.8) is 0 Å². The van der Waals surface area contributed by atoms with E-state index in [-0.39, 0.29) is 18.5 Å². The summed E-state index contributed by atoms with van der Waals surface area (Å²) in [4.78, 5) is 38.1. The van der Waals surface area contributed by atoms with E-state index in [2.05, 4.69) is 10.6 Å². The van der Waals surface area contributed by atoms with E-state index in [0.29, 0.717) is 37.6 Å². The molecule has 0 aliphatic carbocycles. The number of hydrogen-bond donors (Lipinski definition) is 2. The Morgan fingerprint density at radius 3 is 2.52 bits per heavy atom. The van der Waals surface area contributed by atoms with E-state index in [1.54, 1.807) is 6.07 Å². The molecule has 4 amide bonds. The van der Waals surface area contributed by atoms with Crippen molar-refractivity contribution in [2.75, 3.05) is 19.8 Å². The number of hydrogen-bond acceptors (Lipinski definition) is 5. The fourth-order valence-corrected chi connectivity index (χ4v) is 3.39. The highest BCUT2D eigenvalue weighted by Gasteiger charge is 2.49. The van der Waals surface area contributed by atoms with E-state index < -0.39 is 17.5 Å². The number of urea groups is 1. The van der Waals surface area contributed by atoms with Gasteiger partial charge in [-0.2, -0.15) is 0 Å². The molecule has 2 aliphatic rings. The summed E-state index contributed by atoms with van der Waals surface area (Å²) in [6.07, 6.45) is 0.972. The van der Waals surface area contributed by atoms with Gasteiger partial charge in [-0.3, -0.25) is 14.5 Å². The van der Waals surface area contributed by atoms with Crippen LogP contribution in [0.15, 0.2) is 18.2 Å². The van der Waals surface area contributed by atoms with Crippen molar-refractivity contribution in [2.24, 2.45) is 0 Å². The molecule has 1 aromatic carbocycles. The van der Waals surface area contributed by atoms with Crippen LogP contribution in [0.5, 0.6) is 11.5 Å². The summed E-state index contributed by atoms with van der Waals surface area (Å²) in [7, 11) is 0. The summed E-state index contributed by atoms with van der Waals surface area (Å²) in [5.41, 5.74) is -0.0556. The Bertz CT molecular complexity index is 760. The average Bonchev–Trinajstić information content (AvgIpc) is 2.92. The molecule has 1 fully saturated rings. The van der Waals surface area contributed by atoms with Crippen molar-refractivity contribution in [2.45, 2.75) is 45.2 Å². The molecule has 0 bridgehead atoms. The minimum Gasteiger partial charge on any atom is -0.486 e. The molecule has 8 nitrogen and oxygen atoms in total. The summed E-state index contributed by atoms with van der Waals surface area (Å²) in [6, 6.07) is 4.65. The zero-order valence-electron chi connectivity index (χ0n) is 15.8. The van der Waals surface area contributed by atoms with E-state index in [4.69, 9.17) is 9.47 Å². The van der Waals surface area contributed by atoms with Gasteiger partial charge in [-0.15, -0.1) is 0 Å². The van der Waals surface area contributed by atoms with Gasteiger partial charge in [-0.25, -0.2) is 4.79 Å². The molecule has 146 valence electrons. The molecule has 0 saturated carbocycles. The number of ether oxygens (including phenoxy) is 2. The number of carbonyl (C=O) groups excluding carboxylic acids is 3. The second-order valence-corrected chi connectivity index (χ2v) is 6.80. The normalized spacial score (nSPS) is 18.9. The lowest BCUT2D eigenvalue weighted by atomic mass is 9.93. The number of amides is 4. The molecule has 2 aliphatic heterocycles. The maximum atomic E-state index is 12.6. The second kappa shape index (κ2) is 7.46. The van der Waals surface area contributed by atoms with Crippen LogP contribution in [0.1, 0.15) is 45.2 Å². The second-order valence-electron chi connectivity index (χ2n) is 6.80. The Morgan fingerprint density at radius 1 is 1.22 bits per heavy atom. The Balaban J connectivity index is 1.64. The van der Waals surface area contributed by atoms with E-state index in [9.17, 15) is 14.4 Å². The van der Waals surface area contributed by atoms with Crippen molar-refractivity contribution in [1.29, 1.82) is 0 Å². The predicted octanol–water partition coefficient (Wildman–Crippen LogP) is 1.75. The molecule has 2 heterocycles. The fourth-order valence-electron chi connectivity index (χ4n) is 3.39. The van der Waals surface area contributed by atoms with Crippen molar-refractivity contribution in [3.8, 4) is 11.5 Å². The number of nitrogens with one attached hydrogen (secondary N) is 2. The standard InChI is InChI=1S/C19H25N3O5/c1-4-19(5-2)17(24)22(18(25)21-19)11-16(23)20-12(3)13-6-7-14-15(10-13)27-9-8-26-14/h6-7,10,12H,4-5,8-9,11H2,1-3H3,(H,20,23)(H,21,25)/t12-/m1/s1. The molecule has 2 N–H and O–H groups in total. The van der Waals surface area contributed by atoms with Crippen LogP contribution >= 0.6 is 0 Å². The highest BCUT2D eigenvalue weighted by Crippen LogP contribution is 2.32. The lowest BCUT2D eigenvalue weighted by molar-refractivity contribution is -0.135. The van der Waals surface area contributed by atoms with Crippen LogP contribution in [-0.4, -0.2) is 48.0 Å². The number of imide groups is 1. The minimum absolute atomic E-state index is 0.304. The third-order valence-electron chi connectivity index (χ3n) is 5.20. The quantitative estimate of drug-likeness (QED) is 0.739. The summed E-state index contributed by atoms with van der Waals surface area (Å²) in [5.74, 6) is 0.575. The molecule has 0 spiro atoms. The van der Waals surface area contributed by atoms with Gasteiger partial charge in [0.15, 0.2) is 11.5 Å². The maximum absolute atomic E-state index is 12.6. The molecule has 8 heteroatoms. The highest BCUT2D eigenvalue weighted by molar-refractivity contribution is 6.09. The van der Waals surface area contributed by atoms with Crippen LogP contribution in [0.2, 0.25) is 0 Å². The van der Waals surface area contributed by atoms with Crippen LogP contribution in [-0.2, 0) is 9.59 Å². The minimum atomic E-state index is -0.904. The molecule has 1 atom stereocenters. The Morgan fingerprint density at radius 2 is 1.89 bits per heavy atom. The van der Waals surface area contributed by atoms with Crippen molar-refractivity contribution >= 4 is 17.8 Å². The molecular formula is C19H25N3O5. The number of fused-ring (bicyclic) bond motifs is 1. The van der Waals surface area contributed by atoms with Gasteiger partial charge in [0, 0.05) is 0 Å². The Labute approximate surface area is 158 Å². The first-order valence-electron chi connectivity index (χ1n) is 9.23. The third-order valence-corrected chi connectivity index (χ3v) is 5.20. The van der Waals surface area contributed by atoms with Crippen molar-refractivity contribution in [3.05, 3.63) is 23.8 Å². The monoisotopic (exact) mass is 375 g/mol. The van der Waals surface area contributed by atoms with Crippen LogP contribution in [0, 0.1) is 0 Å². The summed E-state index contributed by atoms with van der Waals surface area (Å²) in [5, 5.41) is 5.54. The number of rotatable bonds is 6. The smallest absolute Gasteiger partial charge is 0.325 e. The van der Waals surface area contributed by atoms with Gasteiger partial charge in [-0.1, -0.05) is 19.9 Å².